The van der Waals surface area contributed by atoms with Gasteiger partial charge in [0, 0.05) is 18.1 Å². The standard InChI is InChI=1S/C19H19ClN2O2/c1-15-12-17(20)8-9-18(15)24-14-19(23)22(11-5-10-21)13-16-6-3-2-4-7-16/h2-4,6-9,12H,5,11,13-14H2,1H3. The molecule has 0 aromatic heterocycles. The molecule has 0 bridgehead atoms. The van der Waals surface area contributed by atoms with Crippen LogP contribution in [0.3, 0.4) is 0 Å². The molecule has 0 aliphatic heterocycles. The summed E-state index contributed by atoms with van der Waals surface area (Å²) >= 11 is 5.92. The van der Waals surface area contributed by atoms with E-state index in [1.807, 2.05) is 37.3 Å². The lowest BCUT2D eigenvalue weighted by Crippen LogP contribution is -2.35. The Morgan fingerprint density at radius 2 is 2.00 bits per heavy atom. The molecule has 5 heteroatoms. The van der Waals surface area contributed by atoms with E-state index in [9.17, 15) is 4.79 Å². The second-order valence-electron chi connectivity index (χ2n) is 5.41. The topological polar surface area (TPSA) is 53.3 Å². The number of halogens is 1. The van der Waals surface area contributed by atoms with Crippen LogP contribution in [-0.2, 0) is 11.3 Å². The van der Waals surface area contributed by atoms with Crippen LogP contribution in [0.2, 0.25) is 5.02 Å². The molecule has 0 fully saturated rings. The maximum Gasteiger partial charge on any atom is 0.260 e. The molecule has 2 aromatic rings. The van der Waals surface area contributed by atoms with Crippen molar-refractivity contribution < 1.29 is 9.53 Å². The van der Waals surface area contributed by atoms with Gasteiger partial charge in [-0.15, -0.1) is 0 Å². The van der Waals surface area contributed by atoms with Crippen LogP contribution in [0.4, 0.5) is 0 Å². The summed E-state index contributed by atoms with van der Waals surface area (Å²) in [5.74, 6) is 0.483. The van der Waals surface area contributed by atoms with Crippen molar-refractivity contribution in [3.63, 3.8) is 0 Å². The molecule has 0 aliphatic carbocycles. The van der Waals surface area contributed by atoms with Gasteiger partial charge in [0.25, 0.3) is 5.91 Å². The molecule has 0 aliphatic rings. The van der Waals surface area contributed by atoms with E-state index in [2.05, 4.69) is 6.07 Å². The van der Waals surface area contributed by atoms with Gasteiger partial charge in [-0.3, -0.25) is 4.79 Å². The van der Waals surface area contributed by atoms with E-state index in [1.54, 1.807) is 23.1 Å². The fourth-order valence-electron chi connectivity index (χ4n) is 2.29. The zero-order valence-electron chi connectivity index (χ0n) is 13.5. The number of nitrogens with zero attached hydrogens (tertiary/aromatic N) is 2. The minimum Gasteiger partial charge on any atom is -0.483 e. The third kappa shape index (κ3) is 5.29. The molecule has 1 amide bonds. The smallest absolute Gasteiger partial charge is 0.260 e. The first kappa shape index (κ1) is 17.8. The van der Waals surface area contributed by atoms with Crippen LogP contribution in [0.25, 0.3) is 0 Å². The number of carbonyl (C=O) groups excluding carboxylic acids is 1. The van der Waals surface area contributed by atoms with Gasteiger partial charge >= 0.3 is 0 Å². The molecule has 0 saturated heterocycles. The van der Waals surface area contributed by atoms with Crippen LogP contribution < -0.4 is 4.74 Å². The maximum absolute atomic E-state index is 12.5. The highest BCUT2D eigenvalue weighted by Gasteiger charge is 2.15. The molecular weight excluding hydrogens is 324 g/mol. The summed E-state index contributed by atoms with van der Waals surface area (Å²) in [5.41, 5.74) is 1.90. The van der Waals surface area contributed by atoms with Crippen molar-refractivity contribution in [2.24, 2.45) is 0 Å². The van der Waals surface area contributed by atoms with Crippen LogP contribution in [0.15, 0.2) is 48.5 Å². The summed E-state index contributed by atoms with van der Waals surface area (Å²) in [5, 5.41) is 9.43. The van der Waals surface area contributed by atoms with E-state index in [-0.39, 0.29) is 12.5 Å². The van der Waals surface area contributed by atoms with Gasteiger partial charge in [-0.25, -0.2) is 0 Å². The van der Waals surface area contributed by atoms with E-state index in [0.29, 0.717) is 30.3 Å². The van der Waals surface area contributed by atoms with Gasteiger partial charge in [0.2, 0.25) is 0 Å². The molecule has 24 heavy (non-hydrogen) atoms. The average molecular weight is 343 g/mol. The SMILES string of the molecule is Cc1cc(Cl)ccc1OCC(=O)N(CCC#N)Cc1ccccc1. The number of rotatable bonds is 7. The highest BCUT2D eigenvalue weighted by molar-refractivity contribution is 6.30. The second kappa shape index (κ2) is 8.95. The predicted molar refractivity (Wildman–Crippen MR) is 93.8 cm³/mol. The van der Waals surface area contributed by atoms with Crippen molar-refractivity contribution in [2.45, 2.75) is 19.9 Å². The largest absolute Gasteiger partial charge is 0.483 e. The van der Waals surface area contributed by atoms with Crippen LogP contribution in [0, 0.1) is 18.3 Å². The van der Waals surface area contributed by atoms with Crippen molar-refractivity contribution in [2.75, 3.05) is 13.2 Å². The maximum atomic E-state index is 12.5. The first-order valence-corrected chi connectivity index (χ1v) is 8.05. The quantitative estimate of drug-likeness (QED) is 0.765. The van der Waals surface area contributed by atoms with Crippen LogP contribution >= 0.6 is 11.6 Å². The van der Waals surface area contributed by atoms with Crippen molar-refractivity contribution in [3.05, 3.63) is 64.7 Å². The Morgan fingerprint density at radius 1 is 1.25 bits per heavy atom. The number of benzene rings is 2. The van der Waals surface area contributed by atoms with Crippen LogP contribution in [0.5, 0.6) is 5.75 Å². The summed E-state index contributed by atoms with van der Waals surface area (Å²) in [6.45, 7) is 2.65. The van der Waals surface area contributed by atoms with Gasteiger partial charge in [-0.2, -0.15) is 5.26 Å². The number of hydrogen-bond donors (Lipinski definition) is 0. The lowest BCUT2D eigenvalue weighted by Gasteiger charge is -2.22. The highest BCUT2D eigenvalue weighted by Crippen LogP contribution is 2.21. The molecule has 0 N–H and O–H groups in total. The van der Waals surface area contributed by atoms with Crippen LogP contribution in [-0.4, -0.2) is 24.0 Å². The Kier molecular flexibility index (Phi) is 6.65. The summed E-state index contributed by atoms with van der Waals surface area (Å²) < 4.78 is 5.62. The lowest BCUT2D eigenvalue weighted by atomic mass is 10.2. The van der Waals surface area contributed by atoms with Gasteiger partial charge in [0.1, 0.15) is 5.75 Å². The van der Waals surface area contributed by atoms with Gasteiger partial charge in [-0.05, 0) is 36.2 Å². The molecule has 0 spiro atoms. The van der Waals surface area contributed by atoms with Gasteiger partial charge in [0.15, 0.2) is 6.61 Å². The summed E-state index contributed by atoms with van der Waals surface area (Å²) in [7, 11) is 0. The Morgan fingerprint density at radius 3 is 2.67 bits per heavy atom. The molecule has 0 unspecified atom stereocenters. The normalized spacial score (nSPS) is 10.0. The number of ether oxygens (including phenoxy) is 1. The van der Waals surface area contributed by atoms with E-state index in [0.717, 1.165) is 11.1 Å². The minimum absolute atomic E-state index is 0.0687. The van der Waals surface area contributed by atoms with E-state index in [4.69, 9.17) is 21.6 Å². The second-order valence-corrected chi connectivity index (χ2v) is 5.84. The first-order chi connectivity index (χ1) is 11.6. The Hall–Kier alpha value is -2.51. The first-order valence-electron chi connectivity index (χ1n) is 7.67. The highest BCUT2D eigenvalue weighted by atomic mass is 35.5. The molecule has 2 rings (SSSR count). The van der Waals surface area contributed by atoms with Gasteiger partial charge < -0.3 is 9.64 Å². The molecule has 124 valence electrons. The minimum atomic E-state index is -0.150. The third-order valence-electron chi connectivity index (χ3n) is 3.55. The summed E-state index contributed by atoms with van der Waals surface area (Å²) in [6.07, 6.45) is 0.290. The van der Waals surface area contributed by atoms with E-state index < -0.39 is 0 Å². The van der Waals surface area contributed by atoms with E-state index in [1.165, 1.54) is 0 Å². The number of hydrogen-bond acceptors (Lipinski definition) is 3. The van der Waals surface area contributed by atoms with Crippen molar-refractivity contribution in [3.8, 4) is 11.8 Å². The van der Waals surface area contributed by atoms with Gasteiger partial charge in [-0.1, -0.05) is 41.9 Å². The summed E-state index contributed by atoms with van der Waals surface area (Å²) in [6, 6.07) is 17.0. The predicted octanol–water partition coefficient (Wildman–Crippen LogP) is 3.97. The molecular formula is C19H19ClN2O2. The third-order valence-corrected chi connectivity index (χ3v) is 3.79. The number of amides is 1. The number of carbonyl (C=O) groups is 1. The van der Waals surface area contributed by atoms with Crippen molar-refractivity contribution >= 4 is 17.5 Å². The Bertz CT molecular complexity index is 726. The fourth-order valence-corrected chi connectivity index (χ4v) is 2.51. The Labute approximate surface area is 147 Å². The molecule has 4 nitrogen and oxygen atoms in total. The van der Waals surface area contributed by atoms with Crippen molar-refractivity contribution in [1.82, 2.24) is 4.90 Å². The number of nitriles is 1. The van der Waals surface area contributed by atoms with Gasteiger partial charge in [0.05, 0.1) is 12.5 Å². The zero-order chi connectivity index (χ0) is 17.4. The summed E-state index contributed by atoms with van der Waals surface area (Å²) in [4.78, 5) is 14.1. The Balaban J connectivity index is 2.00. The molecule has 0 atom stereocenters. The molecule has 2 aromatic carbocycles. The molecule has 0 heterocycles. The zero-order valence-corrected chi connectivity index (χ0v) is 14.3. The monoisotopic (exact) mass is 342 g/mol. The molecule has 0 saturated carbocycles. The number of aryl methyl sites for hydroxylation is 1. The van der Waals surface area contributed by atoms with E-state index >= 15 is 0 Å². The average Bonchev–Trinajstić information content (AvgIpc) is 2.58. The lowest BCUT2D eigenvalue weighted by molar-refractivity contribution is -0.133. The van der Waals surface area contributed by atoms with Crippen LogP contribution in [0.1, 0.15) is 17.5 Å². The fraction of sp³-hybridized carbons (Fsp3) is 0.263. The van der Waals surface area contributed by atoms with Crippen molar-refractivity contribution in [1.29, 1.82) is 5.26 Å². The molecule has 0 radical (unpaired) electrons.